The molecule has 0 spiro atoms. The van der Waals surface area contributed by atoms with E-state index in [2.05, 4.69) is 29.6 Å². The number of hydrogen-bond donors (Lipinski definition) is 2. The van der Waals surface area contributed by atoms with Gasteiger partial charge in [-0.2, -0.15) is 0 Å². The lowest BCUT2D eigenvalue weighted by atomic mass is 9.98. The summed E-state index contributed by atoms with van der Waals surface area (Å²) in [5, 5.41) is 9.42. The summed E-state index contributed by atoms with van der Waals surface area (Å²) >= 11 is 0. The molecule has 3 amide bonds. The minimum atomic E-state index is -0.978. The molecule has 3 rings (SSSR count). The number of rotatable bonds is 10. The smallest absolute Gasteiger partial charge is 0.248 e. The standard InChI is InChI=1S/C30H38N4O5/c1-19(2)21-8-12-23(13-9-21)34(27(36)17-16-26(35)31-25-18-20(3)39-33-25)28(29(37)32-30(4,5)6)22-10-14-24(38-7)15-11-22/h8-15,18-19,28H,16-17H2,1-7H3,(H,32,37)(H,31,33,35)/t28-/m0/s1. The van der Waals surface area contributed by atoms with Crippen LogP contribution >= 0.6 is 0 Å². The number of amides is 3. The SMILES string of the molecule is COc1ccc([C@@H](C(=O)NC(C)(C)C)N(C(=O)CCC(=O)Nc2cc(C)on2)c2ccc(C(C)C)cc2)cc1. The third kappa shape index (κ3) is 8.17. The van der Waals surface area contributed by atoms with Gasteiger partial charge < -0.3 is 19.9 Å². The molecular weight excluding hydrogens is 496 g/mol. The van der Waals surface area contributed by atoms with E-state index >= 15 is 0 Å². The molecule has 1 aromatic heterocycles. The van der Waals surface area contributed by atoms with E-state index in [0.717, 1.165) is 5.56 Å². The van der Waals surface area contributed by atoms with E-state index in [1.807, 2.05) is 45.0 Å². The molecular formula is C30H38N4O5. The van der Waals surface area contributed by atoms with Crippen molar-refractivity contribution < 1.29 is 23.6 Å². The predicted octanol–water partition coefficient (Wildman–Crippen LogP) is 5.52. The fraction of sp³-hybridized carbons (Fsp3) is 0.400. The number of anilines is 2. The predicted molar refractivity (Wildman–Crippen MR) is 151 cm³/mol. The zero-order chi connectivity index (χ0) is 28.7. The molecule has 2 N–H and O–H groups in total. The van der Waals surface area contributed by atoms with Crippen molar-refractivity contribution in [3.8, 4) is 5.75 Å². The van der Waals surface area contributed by atoms with E-state index in [1.165, 1.54) is 4.90 Å². The van der Waals surface area contributed by atoms with Gasteiger partial charge >= 0.3 is 0 Å². The fourth-order valence-electron chi connectivity index (χ4n) is 4.07. The summed E-state index contributed by atoms with van der Waals surface area (Å²) in [6.45, 7) is 11.5. The van der Waals surface area contributed by atoms with Crippen molar-refractivity contribution in [3.63, 3.8) is 0 Å². The van der Waals surface area contributed by atoms with Crippen LogP contribution in [0.15, 0.2) is 59.1 Å². The second-order valence-corrected chi connectivity index (χ2v) is 10.8. The average molecular weight is 535 g/mol. The normalized spacial score (nSPS) is 12.1. The maximum Gasteiger partial charge on any atom is 0.248 e. The summed E-state index contributed by atoms with van der Waals surface area (Å²) in [5.74, 6) is 0.685. The first-order valence-corrected chi connectivity index (χ1v) is 13.0. The molecule has 0 radical (unpaired) electrons. The Hall–Kier alpha value is -4.14. The van der Waals surface area contributed by atoms with Crippen LogP contribution in [0.5, 0.6) is 5.75 Å². The molecule has 1 atom stereocenters. The molecule has 0 aliphatic carbocycles. The Morgan fingerprint density at radius 3 is 2.10 bits per heavy atom. The molecule has 0 aliphatic rings. The van der Waals surface area contributed by atoms with Crippen molar-refractivity contribution in [1.29, 1.82) is 0 Å². The monoisotopic (exact) mass is 534 g/mol. The number of aromatic nitrogens is 1. The molecule has 0 saturated carbocycles. The van der Waals surface area contributed by atoms with Crippen LogP contribution in [0.25, 0.3) is 0 Å². The van der Waals surface area contributed by atoms with E-state index < -0.39 is 11.6 Å². The molecule has 0 aliphatic heterocycles. The summed E-state index contributed by atoms with van der Waals surface area (Å²) in [6, 6.07) is 15.3. The molecule has 0 bridgehead atoms. The Bertz CT molecular complexity index is 1270. The van der Waals surface area contributed by atoms with Crippen molar-refractivity contribution in [2.75, 3.05) is 17.3 Å². The van der Waals surface area contributed by atoms with Gasteiger partial charge in [0.1, 0.15) is 17.6 Å². The van der Waals surface area contributed by atoms with Gasteiger partial charge in [-0.05, 0) is 69.0 Å². The Balaban J connectivity index is 1.98. The summed E-state index contributed by atoms with van der Waals surface area (Å²) in [6.07, 6.45) is -0.217. The molecule has 0 fully saturated rings. The third-order valence-electron chi connectivity index (χ3n) is 6.00. The maximum atomic E-state index is 13.8. The topological polar surface area (TPSA) is 114 Å². The molecule has 9 heteroatoms. The number of hydrogen-bond acceptors (Lipinski definition) is 6. The minimum Gasteiger partial charge on any atom is -0.497 e. The molecule has 39 heavy (non-hydrogen) atoms. The van der Waals surface area contributed by atoms with E-state index in [0.29, 0.717) is 28.7 Å². The Morgan fingerprint density at radius 2 is 1.59 bits per heavy atom. The molecule has 3 aromatic rings. The van der Waals surface area contributed by atoms with Crippen LogP contribution in [0, 0.1) is 6.92 Å². The summed E-state index contributed by atoms with van der Waals surface area (Å²) in [7, 11) is 1.57. The molecule has 1 heterocycles. The lowest BCUT2D eigenvalue weighted by molar-refractivity contribution is -0.128. The number of carbonyl (C=O) groups is 3. The zero-order valence-electron chi connectivity index (χ0n) is 23.7. The van der Waals surface area contributed by atoms with E-state index in [4.69, 9.17) is 9.26 Å². The van der Waals surface area contributed by atoms with E-state index in [9.17, 15) is 14.4 Å². The van der Waals surface area contributed by atoms with E-state index in [1.54, 1.807) is 44.4 Å². The average Bonchev–Trinajstić information content (AvgIpc) is 3.29. The molecule has 2 aromatic carbocycles. The van der Waals surface area contributed by atoms with Crippen LogP contribution in [0.2, 0.25) is 0 Å². The Morgan fingerprint density at radius 1 is 0.974 bits per heavy atom. The van der Waals surface area contributed by atoms with Gasteiger partial charge in [-0.1, -0.05) is 43.3 Å². The number of aryl methyl sites for hydroxylation is 1. The molecule has 0 saturated heterocycles. The van der Waals surface area contributed by atoms with Crippen molar-refractivity contribution in [2.24, 2.45) is 0 Å². The van der Waals surface area contributed by atoms with Gasteiger partial charge in [0.25, 0.3) is 0 Å². The Kier molecular flexibility index (Phi) is 9.51. The van der Waals surface area contributed by atoms with Gasteiger partial charge in [-0.15, -0.1) is 0 Å². The van der Waals surface area contributed by atoms with Gasteiger partial charge in [0, 0.05) is 30.1 Å². The number of nitrogens with one attached hydrogen (secondary N) is 2. The first kappa shape index (κ1) is 29.4. The number of benzene rings is 2. The van der Waals surface area contributed by atoms with Crippen LogP contribution in [0.3, 0.4) is 0 Å². The molecule has 0 unspecified atom stereocenters. The third-order valence-corrected chi connectivity index (χ3v) is 6.00. The number of nitrogens with zero attached hydrogens (tertiary/aromatic N) is 2. The van der Waals surface area contributed by atoms with Crippen LogP contribution < -0.4 is 20.3 Å². The number of carbonyl (C=O) groups excluding carboxylic acids is 3. The number of methoxy groups -OCH3 is 1. The van der Waals surface area contributed by atoms with Gasteiger partial charge in [0.15, 0.2) is 5.82 Å². The highest BCUT2D eigenvalue weighted by Gasteiger charge is 2.34. The van der Waals surface area contributed by atoms with Crippen molar-refractivity contribution in [3.05, 3.63) is 71.5 Å². The summed E-state index contributed by atoms with van der Waals surface area (Å²) in [5.41, 5.74) is 1.74. The van der Waals surface area contributed by atoms with Crippen molar-refractivity contribution >= 4 is 29.2 Å². The highest BCUT2D eigenvalue weighted by atomic mass is 16.5. The highest BCUT2D eigenvalue weighted by Crippen LogP contribution is 2.32. The largest absolute Gasteiger partial charge is 0.497 e. The highest BCUT2D eigenvalue weighted by molar-refractivity contribution is 6.03. The van der Waals surface area contributed by atoms with E-state index in [-0.39, 0.29) is 36.4 Å². The Labute approximate surface area is 229 Å². The van der Waals surface area contributed by atoms with Gasteiger partial charge in [0.2, 0.25) is 17.7 Å². The zero-order valence-corrected chi connectivity index (χ0v) is 23.7. The summed E-state index contributed by atoms with van der Waals surface area (Å²) in [4.78, 5) is 41.6. The summed E-state index contributed by atoms with van der Waals surface area (Å²) < 4.78 is 10.3. The van der Waals surface area contributed by atoms with Crippen LogP contribution in [0.1, 0.15) is 76.3 Å². The molecule has 208 valence electrons. The maximum absolute atomic E-state index is 13.8. The lowest BCUT2D eigenvalue weighted by Crippen LogP contribution is -2.49. The first-order valence-electron chi connectivity index (χ1n) is 13.0. The second kappa shape index (κ2) is 12.6. The van der Waals surface area contributed by atoms with Crippen LogP contribution in [0.4, 0.5) is 11.5 Å². The van der Waals surface area contributed by atoms with Crippen molar-refractivity contribution in [2.45, 2.75) is 71.9 Å². The van der Waals surface area contributed by atoms with Crippen LogP contribution in [-0.2, 0) is 14.4 Å². The van der Waals surface area contributed by atoms with Crippen molar-refractivity contribution in [1.82, 2.24) is 10.5 Å². The number of ether oxygens (including phenoxy) is 1. The van der Waals surface area contributed by atoms with Gasteiger partial charge in [-0.25, -0.2) is 0 Å². The quantitative estimate of drug-likeness (QED) is 0.354. The molecule has 9 nitrogen and oxygen atoms in total. The minimum absolute atomic E-state index is 0.0957. The van der Waals surface area contributed by atoms with Gasteiger partial charge in [0.05, 0.1) is 7.11 Å². The van der Waals surface area contributed by atoms with Crippen LogP contribution in [-0.4, -0.2) is 35.5 Å². The fourth-order valence-corrected chi connectivity index (χ4v) is 4.07. The lowest BCUT2D eigenvalue weighted by Gasteiger charge is -2.34. The second-order valence-electron chi connectivity index (χ2n) is 10.8. The van der Waals surface area contributed by atoms with Gasteiger partial charge in [-0.3, -0.25) is 19.3 Å². The first-order chi connectivity index (χ1) is 18.4.